The monoisotopic (exact) mass is 304 g/mol. The third kappa shape index (κ3) is 8.83. The fraction of sp³-hybridized carbons (Fsp3) is 0.357. The summed E-state index contributed by atoms with van der Waals surface area (Å²) in [5, 5.41) is 8.48. The van der Waals surface area contributed by atoms with Gasteiger partial charge in [-0.15, -0.1) is 0 Å². The van der Waals surface area contributed by atoms with Crippen LogP contribution >= 0.6 is 0 Å². The molecular weight excluding hydrogens is 289 g/mol. The van der Waals surface area contributed by atoms with E-state index >= 15 is 0 Å². The number of halogens is 3. The molecular formula is C14H15F3O4. The average molecular weight is 304 g/mol. The second-order valence-corrected chi connectivity index (χ2v) is 4.14. The summed E-state index contributed by atoms with van der Waals surface area (Å²) in [6.45, 7) is -0.663. The van der Waals surface area contributed by atoms with Crippen LogP contribution in [0.5, 0.6) is 0 Å². The molecule has 0 spiro atoms. The van der Waals surface area contributed by atoms with Gasteiger partial charge in [-0.05, 0) is 11.6 Å². The molecule has 7 heteroatoms. The van der Waals surface area contributed by atoms with Gasteiger partial charge in [-0.2, -0.15) is 13.2 Å². The molecule has 4 nitrogen and oxygen atoms in total. The minimum atomic E-state index is -4.48. The molecule has 0 heterocycles. The number of alkyl halides is 3. The summed E-state index contributed by atoms with van der Waals surface area (Å²) in [4.78, 5) is 10.4. The molecule has 116 valence electrons. The molecule has 0 fully saturated rings. The lowest BCUT2D eigenvalue weighted by Gasteiger charge is -2.14. The van der Waals surface area contributed by atoms with E-state index in [2.05, 4.69) is 0 Å². The smallest absolute Gasteiger partial charge is 0.409 e. The first-order valence-electron chi connectivity index (χ1n) is 6.08. The Morgan fingerprint density at radius 1 is 1.29 bits per heavy atom. The van der Waals surface area contributed by atoms with Crippen molar-refractivity contribution in [3.8, 4) is 0 Å². The summed E-state index contributed by atoms with van der Waals surface area (Å²) in [5.41, 5.74) is 0.856. The van der Waals surface area contributed by atoms with Crippen LogP contribution in [0.15, 0.2) is 42.5 Å². The number of rotatable bonds is 8. The van der Waals surface area contributed by atoms with Crippen LogP contribution < -0.4 is 0 Å². The summed E-state index contributed by atoms with van der Waals surface area (Å²) in [5.74, 6) is -1.26. The number of benzene rings is 1. The van der Waals surface area contributed by atoms with Gasteiger partial charge >= 0.3 is 12.1 Å². The van der Waals surface area contributed by atoms with Gasteiger partial charge in [0, 0.05) is 6.08 Å². The van der Waals surface area contributed by atoms with E-state index in [9.17, 15) is 18.0 Å². The van der Waals surface area contributed by atoms with E-state index < -0.39 is 24.9 Å². The van der Waals surface area contributed by atoms with E-state index in [0.29, 0.717) is 0 Å². The molecule has 0 aliphatic heterocycles. The van der Waals surface area contributed by atoms with Crippen LogP contribution in [-0.4, -0.2) is 36.6 Å². The van der Waals surface area contributed by atoms with Gasteiger partial charge in [-0.3, -0.25) is 0 Å². The van der Waals surface area contributed by atoms with Crippen molar-refractivity contribution in [3.05, 3.63) is 48.0 Å². The first-order valence-corrected chi connectivity index (χ1v) is 6.08. The Morgan fingerprint density at radius 2 is 1.95 bits per heavy atom. The summed E-state index contributed by atoms with van der Waals surface area (Å²) in [6, 6.07) is 9.05. The van der Waals surface area contributed by atoms with Crippen molar-refractivity contribution in [2.45, 2.75) is 18.9 Å². The number of carboxylic acid groups (broad SMARTS) is 1. The standard InChI is InChI=1S/C14H15F3O4/c15-14(16,17)7-6-12(21-10-13(18)19)9-20-8-11-4-2-1-3-5-11/h1-7,12H,8-10H2,(H,18,19)/b7-6-/t12-/m1/s1. The molecule has 1 aromatic rings. The summed E-state index contributed by atoms with van der Waals surface area (Å²) in [7, 11) is 0. The lowest BCUT2D eigenvalue weighted by Crippen LogP contribution is -2.22. The van der Waals surface area contributed by atoms with Crippen molar-refractivity contribution >= 4 is 5.97 Å². The first-order chi connectivity index (χ1) is 9.87. The number of hydrogen-bond acceptors (Lipinski definition) is 3. The van der Waals surface area contributed by atoms with Crippen molar-refractivity contribution in [1.29, 1.82) is 0 Å². The molecule has 1 N–H and O–H groups in total. The maximum absolute atomic E-state index is 12.1. The van der Waals surface area contributed by atoms with Crippen LogP contribution in [0.25, 0.3) is 0 Å². The van der Waals surface area contributed by atoms with Crippen LogP contribution in [0, 0.1) is 0 Å². The molecule has 1 rings (SSSR count). The highest BCUT2D eigenvalue weighted by molar-refractivity contribution is 5.68. The fourth-order valence-corrected chi connectivity index (χ4v) is 1.42. The first kappa shape index (κ1) is 17.2. The van der Waals surface area contributed by atoms with Crippen molar-refractivity contribution in [2.75, 3.05) is 13.2 Å². The third-order valence-corrected chi connectivity index (χ3v) is 2.31. The van der Waals surface area contributed by atoms with Crippen molar-refractivity contribution < 1.29 is 32.5 Å². The highest BCUT2D eigenvalue weighted by Gasteiger charge is 2.23. The topological polar surface area (TPSA) is 55.8 Å². The molecule has 0 amide bonds. The third-order valence-electron chi connectivity index (χ3n) is 2.31. The van der Waals surface area contributed by atoms with Crippen LogP contribution in [0.2, 0.25) is 0 Å². The van der Waals surface area contributed by atoms with Crippen molar-refractivity contribution in [2.24, 2.45) is 0 Å². The Morgan fingerprint density at radius 3 is 2.52 bits per heavy atom. The van der Waals surface area contributed by atoms with Crippen LogP contribution in [0.4, 0.5) is 13.2 Å². The quantitative estimate of drug-likeness (QED) is 0.750. The second-order valence-electron chi connectivity index (χ2n) is 4.14. The minimum absolute atomic E-state index is 0.00535. The average Bonchev–Trinajstić information content (AvgIpc) is 2.41. The second kappa shape index (κ2) is 8.43. The zero-order valence-corrected chi connectivity index (χ0v) is 11.0. The Hall–Kier alpha value is -1.86. The number of carbonyl (C=O) groups is 1. The molecule has 0 aromatic heterocycles. The highest BCUT2D eigenvalue weighted by Crippen LogP contribution is 2.17. The van der Waals surface area contributed by atoms with E-state index in [1.807, 2.05) is 6.07 Å². The van der Waals surface area contributed by atoms with Gasteiger partial charge in [0.25, 0.3) is 0 Å². The molecule has 1 aromatic carbocycles. The van der Waals surface area contributed by atoms with E-state index in [-0.39, 0.29) is 19.3 Å². The molecule has 0 aliphatic carbocycles. The Balaban J connectivity index is 2.48. The van der Waals surface area contributed by atoms with Gasteiger partial charge in [0.2, 0.25) is 0 Å². The number of carboxylic acids is 1. The number of aliphatic carboxylic acids is 1. The highest BCUT2D eigenvalue weighted by atomic mass is 19.4. The van der Waals surface area contributed by atoms with E-state index in [1.54, 1.807) is 24.3 Å². The predicted molar refractivity (Wildman–Crippen MR) is 68.7 cm³/mol. The van der Waals surface area contributed by atoms with Gasteiger partial charge in [-0.1, -0.05) is 30.3 Å². The lowest BCUT2D eigenvalue weighted by atomic mass is 10.2. The maximum atomic E-state index is 12.1. The molecule has 1 atom stereocenters. The largest absolute Gasteiger partial charge is 0.480 e. The lowest BCUT2D eigenvalue weighted by molar-refractivity contribution is -0.144. The van der Waals surface area contributed by atoms with Gasteiger partial charge in [0.1, 0.15) is 12.7 Å². The maximum Gasteiger partial charge on any atom is 0.409 e. The Kier molecular flexibility index (Phi) is 6.90. The van der Waals surface area contributed by atoms with Crippen LogP contribution in [0.1, 0.15) is 5.56 Å². The van der Waals surface area contributed by atoms with E-state index in [4.69, 9.17) is 14.6 Å². The van der Waals surface area contributed by atoms with Crippen LogP contribution in [0.3, 0.4) is 0 Å². The summed E-state index contributed by atoms with van der Waals surface area (Å²) in [6.07, 6.45) is -4.81. The molecule has 0 radical (unpaired) electrons. The summed E-state index contributed by atoms with van der Waals surface area (Å²) < 4.78 is 46.4. The zero-order valence-electron chi connectivity index (χ0n) is 11.0. The van der Waals surface area contributed by atoms with Crippen LogP contribution in [-0.2, 0) is 20.9 Å². The van der Waals surface area contributed by atoms with Gasteiger partial charge < -0.3 is 14.6 Å². The molecule has 0 unspecified atom stereocenters. The minimum Gasteiger partial charge on any atom is -0.480 e. The van der Waals surface area contributed by atoms with Crippen molar-refractivity contribution in [1.82, 2.24) is 0 Å². The normalized spacial score (nSPS) is 13.5. The fourth-order valence-electron chi connectivity index (χ4n) is 1.42. The van der Waals surface area contributed by atoms with E-state index in [0.717, 1.165) is 11.6 Å². The van der Waals surface area contributed by atoms with Crippen molar-refractivity contribution in [3.63, 3.8) is 0 Å². The number of ether oxygens (including phenoxy) is 2. The van der Waals surface area contributed by atoms with E-state index in [1.165, 1.54) is 0 Å². The molecule has 0 saturated heterocycles. The number of allylic oxidation sites excluding steroid dienone is 1. The molecule has 0 aliphatic rings. The number of hydrogen-bond donors (Lipinski definition) is 1. The Labute approximate surface area is 119 Å². The molecule has 0 bridgehead atoms. The Bertz CT molecular complexity index is 457. The molecule has 0 saturated carbocycles. The van der Waals surface area contributed by atoms with Gasteiger partial charge in [-0.25, -0.2) is 4.79 Å². The van der Waals surface area contributed by atoms with Gasteiger partial charge in [0.05, 0.1) is 13.2 Å². The molecule has 21 heavy (non-hydrogen) atoms. The SMILES string of the molecule is O=C(O)CO[C@H](/C=C\C(F)(F)F)COCc1ccccc1. The summed E-state index contributed by atoms with van der Waals surface area (Å²) >= 11 is 0. The predicted octanol–water partition coefficient (Wildman–Crippen LogP) is 2.79. The zero-order chi connectivity index (χ0) is 15.7. The van der Waals surface area contributed by atoms with Gasteiger partial charge in [0.15, 0.2) is 0 Å².